The zero-order chi connectivity index (χ0) is 16.8. The molecule has 0 radical (unpaired) electrons. The Kier molecular flexibility index (Phi) is 6.21. The van der Waals surface area contributed by atoms with E-state index in [4.69, 9.17) is 10.5 Å². The number of hydrogen-bond donors (Lipinski definition) is 2. The summed E-state index contributed by atoms with van der Waals surface area (Å²) in [5, 5.41) is 3.25. The topological polar surface area (TPSA) is 75.8 Å². The van der Waals surface area contributed by atoms with Crippen LogP contribution in [-0.2, 0) is 6.54 Å². The van der Waals surface area contributed by atoms with Gasteiger partial charge >= 0.3 is 0 Å². The number of aromatic nitrogens is 1. The second-order valence-electron chi connectivity index (χ2n) is 6.05. The average molecular weight is 319 g/mol. The summed E-state index contributed by atoms with van der Waals surface area (Å²) >= 11 is 0. The lowest BCUT2D eigenvalue weighted by molar-refractivity contribution is 0.267. The Hall–Kier alpha value is -1.82. The first-order chi connectivity index (χ1) is 11.1. The maximum absolute atomic E-state index is 6.00. The average Bonchev–Trinajstić information content (AvgIpc) is 3.00. The van der Waals surface area contributed by atoms with Crippen LogP contribution in [0.4, 0.5) is 0 Å². The summed E-state index contributed by atoms with van der Waals surface area (Å²) in [7, 11) is 1.68. The Morgan fingerprint density at radius 1 is 1.52 bits per heavy atom. The van der Waals surface area contributed by atoms with Crippen LogP contribution in [0.15, 0.2) is 11.2 Å². The fourth-order valence-corrected chi connectivity index (χ4v) is 3.21. The fourth-order valence-electron chi connectivity index (χ4n) is 3.21. The van der Waals surface area contributed by atoms with E-state index in [1.807, 2.05) is 20.0 Å². The molecular weight excluding hydrogens is 290 g/mol. The van der Waals surface area contributed by atoms with Crippen LogP contribution in [0.5, 0.6) is 5.75 Å². The Labute approximate surface area is 139 Å². The first-order valence-corrected chi connectivity index (χ1v) is 8.33. The summed E-state index contributed by atoms with van der Waals surface area (Å²) in [6.45, 7) is 9.79. The van der Waals surface area contributed by atoms with E-state index in [-0.39, 0.29) is 0 Å². The van der Waals surface area contributed by atoms with Crippen LogP contribution >= 0.6 is 0 Å². The van der Waals surface area contributed by atoms with Crippen LogP contribution in [0.2, 0.25) is 0 Å². The molecule has 23 heavy (non-hydrogen) atoms. The smallest absolute Gasteiger partial charge is 0.189 e. The molecular formula is C17H29N5O. The minimum absolute atomic E-state index is 0.462. The molecule has 1 fully saturated rings. The third-order valence-corrected chi connectivity index (χ3v) is 4.57. The van der Waals surface area contributed by atoms with Crippen LogP contribution in [0, 0.1) is 13.8 Å². The summed E-state index contributed by atoms with van der Waals surface area (Å²) in [5.74, 6) is 1.36. The number of likely N-dealkylation sites (N-methyl/N-ethyl adjacent to an activating group) is 1. The summed E-state index contributed by atoms with van der Waals surface area (Å²) in [6, 6.07) is 0.563. The van der Waals surface area contributed by atoms with Gasteiger partial charge in [0.2, 0.25) is 0 Å². The van der Waals surface area contributed by atoms with Gasteiger partial charge in [0.15, 0.2) is 5.96 Å². The maximum atomic E-state index is 6.00. The van der Waals surface area contributed by atoms with Crippen LogP contribution in [0.1, 0.15) is 36.6 Å². The number of nitrogens with one attached hydrogen (secondary N) is 1. The number of aryl methyl sites for hydroxylation is 1. The first-order valence-electron chi connectivity index (χ1n) is 8.33. The largest absolute Gasteiger partial charge is 0.496 e. The third kappa shape index (κ3) is 4.34. The molecule has 0 aliphatic carbocycles. The van der Waals surface area contributed by atoms with Gasteiger partial charge in [0.25, 0.3) is 0 Å². The van der Waals surface area contributed by atoms with Gasteiger partial charge < -0.3 is 15.8 Å². The number of ether oxygens (including phenoxy) is 1. The summed E-state index contributed by atoms with van der Waals surface area (Å²) in [6.07, 6.45) is 4.31. The van der Waals surface area contributed by atoms with Crippen molar-refractivity contribution < 1.29 is 4.74 Å². The van der Waals surface area contributed by atoms with E-state index in [0.29, 0.717) is 18.5 Å². The van der Waals surface area contributed by atoms with Crippen molar-refractivity contribution in [2.45, 2.75) is 46.2 Å². The molecule has 0 aromatic carbocycles. The van der Waals surface area contributed by atoms with E-state index < -0.39 is 0 Å². The molecule has 1 atom stereocenters. The van der Waals surface area contributed by atoms with Crippen molar-refractivity contribution in [2.75, 3.05) is 26.7 Å². The van der Waals surface area contributed by atoms with Gasteiger partial charge in [-0.1, -0.05) is 6.92 Å². The normalized spacial score (nSPS) is 19.1. The second kappa shape index (κ2) is 8.15. The Bertz CT molecular complexity index is 558. The number of pyridine rings is 1. The lowest BCUT2D eigenvalue weighted by atomic mass is 10.1. The Balaban J connectivity index is 1.92. The number of aliphatic imine (C=N–C) groups is 1. The number of methoxy groups -OCH3 is 1. The number of guanidine groups is 1. The van der Waals surface area contributed by atoms with Gasteiger partial charge in [-0.15, -0.1) is 0 Å². The van der Waals surface area contributed by atoms with Crippen molar-refractivity contribution in [1.29, 1.82) is 0 Å². The molecule has 6 heteroatoms. The molecule has 0 amide bonds. The zero-order valence-electron chi connectivity index (χ0n) is 14.7. The molecule has 0 spiro atoms. The molecule has 1 aromatic rings. The van der Waals surface area contributed by atoms with Gasteiger partial charge in [0.05, 0.1) is 19.3 Å². The fraction of sp³-hybridized carbons (Fsp3) is 0.647. The number of rotatable bonds is 6. The van der Waals surface area contributed by atoms with E-state index in [1.165, 1.54) is 19.4 Å². The number of nitrogens with zero attached hydrogens (tertiary/aromatic N) is 3. The maximum Gasteiger partial charge on any atom is 0.189 e. The van der Waals surface area contributed by atoms with Gasteiger partial charge in [0.1, 0.15) is 5.75 Å². The highest BCUT2D eigenvalue weighted by Gasteiger charge is 2.22. The highest BCUT2D eigenvalue weighted by atomic mass is 16.5. The molecule has 0 bridgehead atoms. The minimum atomic E-state index is 0.462. The van der Waals surface area contributed by atoms with Crippen molar-refractivity contribution >= 4 is 5.96 Å². The number of hydrogen-bond acceptors (Lipinski definition) is 4. The van der Waals surface area contributed by atoms with Crippen molar-refractivity contribution in [3.63, 3.8) is 0 Å². The summed E-state index contributed by atoms with van der Waals surface area (Å²) in [4.78, 5) is 11.3. The molecule has 1 aliphatic rings. The molecule has 1 aromatic heterocycles. The van der Waals surface area contributed by atoms with Gasteiger partial charge in [-0.2, -0.15) is 0 Å². The molecule has 2 rings (SSSR count). The minimum Gasteiger partial charge on any atom is -0.496 e. The van der Waals surface area contributed by atoms with Crippen LogP contribution < -0.4 is 15.8 Å². The molecule has 0 saturated carbocycles. The third-order valence-electron chi connectivity index (χ3n) is 4.57. The van der Waals surface area contributed by atoms with Crippen molar-refractivity contribution in [3.05, 3.63) is 23.0 Å². The van der Waals surface area contributed by atoms with Crippen LogP contribution in [0.3, 0.4) is 0 Å². The van der Waals surface area contributed by atoms with E-state index in [9.17, 15) is 0 Å². The molecule has 1 unspecified atom stereocenters. The predicted molar refractivity (Wildman–Crippen MR) is 93.9 cm³/mol. The monoisotopic (exact) mass is 319 g/mol. The zero-order valence-corrected chi connectivity index (χ0v) is 14.7. The molecule has 6 nitrogen and oxygen atoms in total. The summed E-state index contributed by atoms with van der Waals surface area (Å²) in [5.41, 5.74) is 8.95. The summed E-state index contributed by atoms with van der Waals surface area (Å²) < 4.78 is 5.42. The van der Waals surface area contributed by atoms with Crippen molar-refractivity contribution in [2.24, 2.45) is 10.7 Å². The van der Waals surface area contributed by atoms with Gasteiger partial charge in [-0.05, 0) is 39.8 Å². The van der Waals surface area contributed by atoms with E-state index in [2.05, 4.69) is 27.1 Å². The van der Waals surface area contributed by atoms with Crippen LogP contribution in [-0.4, -0.2) is 48.6 Å². The SMILES string of the molecule is CCN1CCCC1CNC(N)=NCc1ncc(C)c(OC)c1C. The second-order valence-corrected chi connectivity index (χ2v) is 6.05. The Morgan fingerprint density at radius 2 is 2.30 bits per heavy atom. The van der Waals surface area contributed by atoms with Gasteiger partial charge in [-0.3, -0.25) is 9.88 Å². The molecule has 3 N–H and O–H groups in total. The molecule has 1 aliphatic heterocycles. The lowest BCUT2D eigenvalue weighted by Gasteiger charge is -2.23. The number of nitrogens with two attached hydrogens (primary N) is 1. The van der Waals surface area contributed by atoms with Crippen molar-refractivity contribution in [1.82, 2.24) is 15.2 Å². The van der Waals surface area contributed by atoms with Crippen molar-refractivity contribution in [3.8, 4) is 5.75 Å². The highest BCUT2D eigenvalue weighted by molar-refractivity contribution is 5.77. The standard InChI is InChI=1S/C17H29N5O/c1-5-22-8-6-7-14(22)10-20-17(18)21-11-15-13(3)16(23-4)12(2)9-19-15/h9,14H,5-8,10-11H2,1-4H3,(H3,18,20,21). The lowest BCUT2D eigenvalue weighted by Crippen LogP contribution is -2.42. The Morgan fingerprint density at radius 3 is 3.00 bits per heavy atom. The van der Waals surface area contributed by atoms with Gasteiger partial charge in [0, 0.05) is 29.9 Å². The van der Waals surface area contributed by atoms with Gasteiger partial charge in [-0.25, -0.2) is 4.99 Å². The van der Waals surface area contributed by atoms with Crippen LogP contribution in [0.25, 0.3) is 0 Å². The quantitative estimate of drug-likeness (QED) is 0.615. The first kappa shape index (κ1) is 17.5. The highest BCUT2D eigenvalue weighted by Crippen LogP contribution is 2.24. The predicted octanol–water partition coefficient (Wildman–Crippen LogP) is 1.60. The molecule has 128 valence electrons. The number of likely N-dealkylation sites (tertiary alicyclic amines) is 1. The molecule has 1 saturated heterocycles. The molecule has 2 heterocycles. The van der Waals surface area contributed by atoms with E-state index in [1.54, 1.807) is 7.11 Å². The van der Waals surface area contributed by atoms with E-state index in [0.717, 1.165) is 35.7 Å². The van der Waals surface area contributed by atoms with E-state index >= 15 is 0 Å².